The largest absolute Gasteiger partial charge is 0.342 e. The molecule has 1 atom stereocenters. The van der Waals surface area contributed by atoms with Gasteiger partial charge in [0.1, 0.15) is 8.07 Å². The molecule has 3 heteroatoms. The first-order valence-corrected chi connectivity index (χ1v) is 8.05. The van der Waals surface area contributed by atoms with Crippen LogP contribution in [0.15, 0.2) is 12.4 Å². The Morgan fingerprint density at radius 3 is 2.54 bits per heavy atom. The minimum absolute atomic E-state index is 0.800. The highest BCUT2D eigenvalue weighted by Gasteiger charge is 2.32. The molecule has 13 heavy (non-hydrogen) atoms. The first-order valence-electron chi connectivity index (χ1n) is 4.98. The van der Waals surface area contributed by atoms with Gasteiger partial charge >= 0.3 is 0 Å². The van der Waals surface area contributed by atoms with Crippen molar-refractivity contribution in [2.75, 3.05) is 0 Å². The Hall–Kier alpha value is -0.573. The molecule has 0 radical (unpaired) electrons. The number of imidazole rings is 1. The van der Waals surface area contributed by atoms with Crippen molar-refractivity contribution in [1.29, 1.82) is 0 Å². The zero-order valence-corrected chi connectivity index (χ0v) is 10.3. The van der Waals surface area contributed by atoms with Crippen LogP contribution in [0.2, 0.25) is 18.6 Å². The Balaban J connectivity index is 2.99. The Labute approximate surface area is 82.0 Å². The van der Waals surface area contributed by atoms with Crippen LogP contribution >= 0.6 is 0 Å². The molecular formula is C10H20N2Si. The molecule has 0 aliphatic carbocycles. The van der Waals surface area contributed by atoms with Gasteiger partial charge in [0.25, 0.3) is 0 Å². The van der Waals surface area contributed by atoms with E-state index in [2.05, 4.69) is 43.5 Å². The second-order valence-electron chi connectivity index (χ2n) is 4.39. The monoisotopic (exact) mass is 196 g/mol. The third kappa shape index (κ3) is 1.85. The van der Waals surface area contributed by atoms with Crippen LogP contribution < -0.4 is 5.45 Å². The molecule has 0 saturated heterocycles. The highest BCUT2D eigenvalue weighted by atomic mass is 28.3. The summed E-state index contributed by atoms with van der Waals surface area (Å²) in [5.41, 5.74) is 2.12. The van der Waals surface area contributed by atoms with Crippen LogP contribution in [0.4, 0.5) is 0 Å². The van der Waals surface area contributed by atoms with E-state index in [9.17, 15) is 0 Å². The van der Waals surface area contributed by atoms with Gasteiger partial charge in [0.2, 0.25) is 0 Å². The van der Waals surface area contributed by atoms with Gasteiger partial charge in [0.15, 0.2) is 0 Å². The lowest BCUT2D eigenvalue weighted by atomic mass is 10.4. The Morgan fingerprint density at radius 2 is 2.15 bits per heavy atom. The lowest BCUT2D eigenvalue weighted by molar-refractivity contribution is 0.835. The lowest BCUT2D eigenvalue weighted by Gasteiger charge is -2.27. The third-order valence-corrected chi connectivity index (χ3v) is 7.75. The number of rotatable bonds is 3. The van der Waals surface area contributed by atoms with Gasteiger partial charge in [-0.2, -0.15) is 0 Å². The molecule has 0 aliphatic rings. The van der Waals surface area contributed by atoms with Crippen molar-refractivity contribution in [1.82, 2.24) is 9.55 Å². The fraction of sp³-hybridized carbons (Fsp3) is 0.700. The van der Waals surface area contributed by atoms with Gasteiger partial charge < -0.3 is 4.57 Å². The van der Waals surface area contributed by atoms with Gasteiger partial charge in [-0.15, -0.1) is 0 Å². The number of nitrogens with zero attached hydrogens (tertiary/aromatic N) is 2. The van der Waals surface area contributed by atoms with Crippen LogP contribution in [0, 0.1) is 0 Å². The summed E-state index contributed by atoms with van der Waals surface area (Å²) in [7, 11) is 0.773. The summed E-state index contributed by atoms with van der Waals surface area (Å²) in [6, 6.07) is 0. The van der Waals surface area contributed by atoms with Gasteiger partial charge in [0, 0.05) is 19.4 Å². The molecule has 1 aromatic heterocycles. The fourth-order valence-electron chi connectivity index (χ4n) is 1.72. The molecule has 2 nitrogen and oxygen atoms in total. The van der Waals surface area contributed by atoms with E-state index in [1.54, 1.807) is 0 Å². The molecule has 0 saturated carbocycles. The molecule has 74 valence electrons. The van der Waals surface area contributed by atoms with E-state index in [1.807, 2.05) is 12.4 Å². The zero-order valence-electron chi connectivity index (χ0n) is 9.33. The Bertz CT molecular complexity index is 278. The van der Waals surface area contributed by atoms with E-state index >= 15 is 0 Å². The van der Waals surface area contributed by atoms with E-state index in [4.69, 9.17) is 0 Å². The van der Waals surface area contributed by atoms with Crippen molar-refractivity contribution < 1.29 is 0 Å². The Kier molecular flexibility index (Phi) is 2.96. The van der Waals surface area contributed by atoms with Crippen molar-refractivity contribution in [3.8, 4) is 0 Å². The summed E-state index contributed by atoms with van der Waals surface area (Å²) >= 11 is 0. The highest BCUT2D eigenvalue weighted by molar-refractivity contribution is 6.89. The molecule has 0 fully saturated rings. The number of hydrogen-bond acceptors (Lipinski definition) is 1. The van der Waals surface area contributed by atoms with Crippen LogP contribution in [-0.4, -0.2) is 17.6 Å². The molecule has 0 aliphatic heterocycles. The summed E-state index contributed by atoms with van der Waals surface area (Å²) in [5.74, 6) is 0. The molecule has 0 N–H and O–H groups in total. The van der Waals surface area contributed by atoms with Gasteiger partial charge in [-0.25, -0.2) is 4.98 Å². The molecule has 0 amide bonds. The topological polar surface area (TPSA) is 17.8 Å². The normalized spacial score (nSPS) is 14.5. The lowest BCUT2D eigenvalue weighted by Crippen LogP contribution is -2.49. The van der Waals surface area contributed by atoms with Gasteiger partial charge in [-0.05, 0) is 5.54 Å². The second-order valence-corrected chi connectivity index (χ2v) is 9.27. The standard InChI is InChI=1S/C10H20N2Si/c1-6-9(2)13(4,5)10-11-7-8-12(10)3/h7-9H,6H2,1-5H3. The summed E-state index contributed by atoms with van der Waals surface area (Å²) in [6.07, 6.45) is 5.21. The zero-order chi connectivity index (χ0) is 10.1. The maximum Gasteiger partial charge on any atom is 0.129 e. The molecular weight excluding hydrogens is 176 g/mol. The molecule has 1 rings (SSSR count). The quantitative estimate of drug-likeness (QED) is 0.677. The van der Waals surface area contributed by atoms with E-state index in [0.717, 1.165) is 5.54 Å². The summed E-state index contributed by atoms with van der Waals surface area (Å²) in [5, 5.41) is 0. The minimum Gasteiger partial charge on any atom is -0.342 e. The van der Waals surface area contributed by atoms with Crippen molar-refractivity contribution in [2.45, 2.75) is 38.9 Å². The predicted molar refractivity (Wildman–Crippen MR) is 60.0 cm³/mol. The summed E-state index contributed by atoms with van der Waals surface area (Å²) in [6.45, 7) is 9.43. The van der Waals surface area contributed by atoms with Crippen LogP contribution in [-0.2, 0) is 7.05 Å². The van der Waals surface area contributed by atoms with E-state index in [1.165, 1.54) is 11.9 Å². The van der Waals surface area contributed by atoms with Gasteiger partial charge in [-0.3, -0.25) is 0 Å². The van der Waals surface area contributed by atoms with E-state index < -0.39 is 8.07 Å². The van der Waals surface area contributed by atoms with Gasteiger partial charge in [-0.1, -0.05) is 33.4 Å². The smallest absolute Gasteiger partial charge is 0.129 e. The molecule has 0 aromatic carbocycles. The summed E-state index contributed by atoms with van der Waals surface area (Å²) < 4.78 is 2.18. The third-order valence-electron chi connectivity index (χ3n) is 3.24. The van der Waals surface area contributed by atoms with Crippen LogP contribution in [0.5, 0.6) is 0 Å². The predicted octanol–water partition coefficient (Wildman–Crippen LogP) is 2.14. The van der Waals surface area contributed by atoms with Crippen molar-refractivity contribution in [3.63, 3.8) is 0 Å². The van der Waals surface area contributed by atoms with Crippen molar-refractivity contribution >= 4 is 13.5 Å². The second kappa shape index (κ2) is 3.66. The highest BCUT2D eigenvalue weighted by Crippen LogP contribution is 2.23. The van der Waals surface area contributed by atoms with Crippen molar-refractivity contribution in [2.24, 2.45) is 7.05 Å². The fourth-order valence-corrected chi connectivity index (χ4v) is 4.57. The van der Waals surface area contributed by atoms with E-state index in [-0.39, 0.29) is 0 Å². The van der Waals surface area contributed by atoms with Gasteiger partial charge in [0.05, 0.1) is 5.45 Å². The van der Waals surface area contributed by atoms with Crippen LogP contribution in [0.3, 0.4) is 0 Å². The number of aryl methyl sites for hydroxylation is 1. The SMILES string of the molecule is CCC(C)[Si](C)(C)c1nccn1C. The molecule has 1 unspecified atom stereocenters. The summed E-state index contributed by atoms with van der Waals surface area (Å²) in [4.78, 5) is 4.48. The van der Waals surface area contributed by atoms with E-state index in [0.29, 0.717) is 0 Å². The number of hydrogen-bond donors (Lipinski definition) is 0. The first-order chi connectivity index (χ1) is 6.00. The maximum absolute atomic E-state index is 4.48. The van der Waals surface area contributed by atoms with Crippen LogP contribution in [0.25, 0.3) is 0 Å². The average molecular weight is 196 g/mol. The molecule has 0 bridgehead atoms. The maximum atomic E-state index is 4.48. The Morgan fingerprint density at radius 1 is 1.54 bits per heavy atom. The molecule has 1 heterocycles. The van der Waals surface area contributed by atoms with Crippen molar-refractivity contribution in [3.05, 3.63) is 12.4 Å². The number of aromatic nitrogens is 2. The molecule has 1 aromatic rings. The average Bonchev–Trinajstić information content (AvgIpc) is 2.50. The minimum atomic E-state index is -1.32. The first kappa shape index (κ1) is 10.5. The van der Waals surface area contributed by atoms with Crippen LogP contribution in [0.1, 0.15) is 20.3 Å². The molecule has 0 spiro atoms.